The lowest BCUT2D eigenvalue weighted by molar-refractivity contribution is -0.127. The maximum Gasteiger partial charge on any atom is 0.357 e. The molecule has 6 nitrogen and oxygen atoms in total. The summed E-state index contributed by atoms with van der Waals surface area (Å²) >= 11 is 0. The van der Waals surface area contributed by atoms with Gasteiger partial charge in [-0.3, -0.25) is 14.1 Å². The average molecular weight is 433 g/mol. The summed E-state index contributed by atoms with van der Waals surface area (Å²) in [5.74, 6) is 1.66. The zero-order valence-corrected chi connectivity index (χ0v) is 18.8. The fraction of sp³-hybridized carbons (Fsp3) is 0.609. The van der Waals surface area contributed by atoms with Crippen molar-refractivity contribution in [2.75, 3.05) is 18.3 Å². The molecule has 0 saturated heterocycles. The quantitative estimate of drug-likeness (QED) is 0.684. The molecule has 1 fully saturated rings. The van der Waals surface area contributed by atoms with Gasteiger partial charge in [0.25, 0.3) is 0 Å². The first-order valence-electron chi connectivity index (χ1n) is 11.0. The molecular weight excluding hydrogens is 400 g/mol. The largest absolute Gasteiger partial charge is 0.357 e. The van der Waals surface area contributed by atoms with Crippen molar-refractivity contribution < 1.29 is 17.8 Å². The van der Waals surface area contributed by atoms with E-state index in [1.165, 1.54) is 11.1 Å². The second-order valence-electron chi connectivity index (χ2n) is 9.44. The Bertz CT molecular complexity index is 987. The molecule has 4 unspecified atom stereocenters. The van der Waals surface area contributed by atoms with Gasteiger partial charge in [-0.15, -0.1) is 0 Å². The van der Waals surface area contributed by atoms with Crippen LogP contribution in [0.2, 0.25) is 0 Å². The van der Waals surface area contributed by atoms with Crippen LogP contribution >= 0.6 is 0 Å². The number of anilines is 1. The van der Waals surface area contributed by atoms with E-state index in [1.54, 1.807) is 6.07 Å². The standard InChI is InChI=1S/C23H32N2O4S/c1-4-13-25(3)22(26)21-10-9-20-19-7-5-15-14-16(24-30(27,28)29)6-8-17(15)18(19)11-12-23(20,21)2/h6,8,10,14,18-20,24H,4-5,7,9,11-13H2,1-3H3,(H,27,28,29). The molecule has 1 aromatic carbocycles. The third-order valence-corrected chi connectivity index (χ3v) is 8.18. The van der Waals surface area contributed by atoms with Gasteiger partial charge in [0, 0.05) is 24.6 Å². The molecule has 1 amide bonds. The lowest BCUT2D eigenvalue weighted by Gasteiger charge is -2.50. The van der Waals surface area contributed by atoms with Gasteiger partial charge in [0.1, 0.15) is 0 Å². The molecule has 0 bridgehead atoms. The maximum atomic E-state index is 13.1. The Labute approximate surface area is 179 Å². The van der Waals surface area contributed by atoms with Crippen LogP contribution in [0.4, 0.5) is 5.69 Å². The summed E-state index contributed by atoms with van der Waals surface area (Å²) in [5.41, 5.74) is 3.84. The Balaban J connectivity index is 1.56. The number of nitrogens with zero attached hydrogens (tertiary/aromatic N) is 1. The number of aryl methyl sites for hydroxylation is 1. The van der Waals surface area contributed by atoms with E-state index in [1.807, 2.05) is 24.1 Å². The Kier molecular flexibility index (Phi) is 5.47. The number of hydrogen-bond donors (Lipinski definition) is 2. The summed E-state index contributed by atoms with van der Waals surface area (Å²) in [4.78, 5) is 15.0. The highest BCUT2D eigenvalue weighted by atomic mass is 32.2. The molecule has 7 heteroatoms. The number of amides is 1. The van der Waals surface area contributed by atoms with Crippen molar-refractivity contribution in [1.29, 1.82) is 0 Å². The molecule has 3 aliphatic carbocycles. The van der Waals surface area contributed by atoms with E-state index in [0.717, 1.165) is 50.6 Å². The van der Waals surface area contributed by atoms with Crippen LogP contribution in [0.3, 0.4) is 0 Å². The summed E-state index contributed by atoms with van der Waals surface area (Å²) in [6.07, 6.45) is 8.12. The molecule has 4 rings (SSSR count). The fourth-order valence-corrected chi connectivity index (χ4v) is 6.76. The number of nitrogens with one attached hydrogen (secondary N) is 1. The van der Waals surface area contributed by atoms with Crippen LogP contribution in [0, 0.1) is 17.3 Å². The van der Waals surface area contributed by atoms with Gasteiger partial charge >= 0.3 is 10.3 Å². The highest BCUT2D eigenvalue weighted by molar-refractivity contribution is 7.87. The molecule has 30 heavy (non-hydrogen) atoms. The Morgan fingerprint density at radius 3 is 2.80 bits per heavy atom. The molecule has 0 aromatic heterocycles. The lowest BCUT2D eigenvalue weighted by atomic mass is 9.54. The SMILES string of the molecule is CCCN(C)C(=O)C1=CCC2C3CCc4cc(NS(=O)(=O)O)ccc4C3CCC12C. The minimum absolute atomic E-state index is 0.0514. The van der Waals surface area contributed by atoms with Crippen LogP contribution in [0.5, 0.6) is 0 Å². The van der Waals surface area contributed by atoms with E-state index in [2.05, 4.69) is 24.6 Å². The van der Waals surface area contributed by atoms with Gasteiger partial charge in [-0.2, -0.15) is 8.42 Å². The molecule has 4 atom stereocenters. The van der Waals surface area contributed by atoms with Crippen LogP contribution in [-0.2, 0) is 21.5 Å². The number of fused-ring (bicyclic) bond motifs is 5. The normalized spacial score (nSPS) is 30.0. The van der Waals surface area contributed by atoms with E-state index in [0.29, 0.717) is 23.4 Å². The monoisotopic (exact) mass is 432 g/mol. The van der Waals surface area contributed by atoms with E-state index < -0.39 is 10.3 Å². The van der Waals surface area contributed by atoms with Gasteiger partial charge < -0.3 is 4.90 Å². The molecule has 164 valence electrons. The van der Waals surface area contributed by atoms with Gasteiger partial charge in [0.15, 0.2) is 0 Å². The molecule has 3 aliphatic rings. The lowest BCUT2D eigenvalue weighted by Crippen LogP contribution is -2.44. The number of carbonyl (C=O) groups excluding carboxylic acids is 1. The predicted octanol–water partition coefficient (Wildman–Crippen LogP) is 4.16. The van der Waals surface area contributed by atoms with Gasteiger partial charge in [-0.25, -0.2) is 0 Å². The van der Waals surface area contributed by atoms with Crippen molar-refractivity contribution in [3.8, 4) is 0 Å². The van der Waals surface area contributed by atoms with Crippen LogP contribution < -0.4 is 4.72 Å². The van der Waals surface area contributed by atoms with Crippen molar-refractivity contribution in [3.05, 3.63) is 41.0 Å². The van der Waals surface area contributed by atoms with Gasteiger partial charge in [-0.05, 0) is 79.5 Å². The van der Waals surface area contributed by atoms with Crippen molar-refractivity contribution >= 4 is 21.9 Å². The zero-order valence-electron chi connectivity index (χ0n) is 18.0. The third kappa shape index (κ3) is 3.66. The predicted molar refractivity (Wildman–Crippen MR) is 118 cm³/mol. The number of hydrogen-bond acceptors (Lipinski definition) is 3. The molecule has 0 radical (unpaired) electrons. The van der Waals surface area contributed by atoms with Crippen LogP contribution in [0.15, 0.2) is 29.8 Å². The summed E-state index contributed by atoms with van der Waals surface area (Å²) in [6, 6.07) is 5.62. The van der Waals surface area contributed by atoms with Crippen LogP contribution in [0.1, 0.15) is 63.0 Å². The number of carbonyl (C=O) groups is 1. The average Bonchev–Trinajstić information content (AvgIpc) is 3.03. The Morgan fingerprint density at radius 2 is 2.10 bits per heavy atom. The summed E-state index contributed by atoms with van der Waals surface area (Å²) in [5, 5.41) is 0. The minimum Gasteiger partial charge on any atom is -0.342 e. The van der Waals surface area contributed by atoms with E-state index >= 15 is 0 Å². The first-order chi connectivity index (χ1) is 14.1. The summed E-state index contributed by atoms with van der Waals surface area (Å²) < 4.78 is 33.5. The first kappa shape index (κ1) is 21.4. The van der Waals surface area contributed by atoms with Crippen molar-refractivity contribution in [3.63, 3.8) is 0 Å². The van der Waals surface area contributed by atoms with Gasteiger partial charge in [0.05, 0.1) is 5.69 Å². The third-order valence-electron chi connectivity index (χ3n) is 7.69. The van der Waals surface area contributed by atoms with Gasteiger partial charge in [0.2, 0.25) is 5.91 Å². The second kappa shape index (κ2) is 7.68. The second-order valence-corrected chi connectivity index (χ2v) is 10.6. The van der Waals surface area contributed by atoms with Gasteiger partial charge in [-0.1, -0.05) is 26.0 Å². The number of rotatable bonds is 5. The topological polar surface area (TPSA) is 86.7 Å². The molecule has 0 aliphatic heterocycles. The molecule has 0 heterocycles. The Morgan fingerprint density at radius 1 is 1.33 bits per heavy atom. The van der Waals surface area contributed by atoms with Crippen LogP contribution in [-0.4, -0.2) is 37.4 Å². The van der Waals surface area contributed by atoms with E-state index in [-0.39, 0.29) is 11.3 Å². The highest BCUT2D eigenvalue weighted by Gasteiger charge is 2.53. The van der Waals surface area contributed by atoms with Crippen LogP contribution in [0.25, 0.3) is 0 Å². The molecular formula is C23H32N2O4S. The Hall–Kier alpha value is -1.86. The van der Waals surface area contributed by atoms with E-state index in [4.69, 9.17) is 4.55 Å². The van der Waals surface area contributed by atoms with Crippen molar-refractivity contribution in [2.45, 2.75) is 58.3 Å². The summed E-state index contributed by atoms with van der Waals surface area (Å²) in [6.45, 7) is 5.17. The molecule has 2 N–H and O–H groups in total. The molecule has 1 aromatic rings. The number of allylic oxidation sites excluding steroid dienone is 1. The molecule has 0 spiro atoms. The summed E-state index contributed by atoms with van der Waals surface area (Å²) in [7, 11) is -2.36. The van der Waals surface area contributed by atoms with Crippen molar-refractivity contribution in [1.82, 2.24) is 4.90 Å². The highest BCUT2D eigenvalue weighted by Crippen LogP contribution is 2.61. The minimum atomic E-state index is -4.27. The number of benzene rings is 1. The maximum absolute atomic E-state index is 13.1. The molecule has 1 saturated carbocycles. The van der Waals surface area contributed by atoms with Crippen molar-refractivity contribution in [2.24, 2.45) is 17.3 Å². The first-order valence-corrected chi connectivity index (χ1v) is 12.4. The van der Waals surface area contributed by atoms with E-state index in [9.17, 15) is 13.2 Å². The number of likely N-dealkylation sites (N-methyl/N-ethyl adjacent to an activating group) is 1. The fourth-order valence-electron chi connectivity index (χ4n) is 6.34. The smallest absolute Gasteiger partial charge is 0.342 e. The zero-order chi connectivity index (χ0) is 21.7.